The zero-order chi connectivity index (χ0) is 11.4. The van der Waals surface area contributed by atoms with Gasteiger partial charge in [0, 0.05) is 6.54 Å². The van der Waals surface area contributed by atoms with Gasteiger partial charge in [-0.2, -0.15) is 0 Å². The monoisotopic (exact) mass is 220 g/mol. The van der Waals surface area contributed by atoms with Crippen molar-refractivity contribution in [3.8, 4) is 5.75 Å². The summed E-state index contributed by atoms with van der Waals surface area (Å²) in [6.45, 7) is 2.55. The highest BCUT2D eigenvalue weighted by atomic mass is 16.6. The predicted molar refractivity (Wildman–Crippen MR) is 55.5 cm³/mol. The molecule has 0 aliphatic carbocycles. The molecule has 0 unspecified atom stereocenters. The van der Waals surface area contributed by atoms with Crippen molar-refractivity contribution >= 4 is 0 Å². The Hall–Kier alpha value is -1.95. The van der Waals surface area contributed by atoms with Crippen LogP contribution in [0.2, 0.25) is 0 Å². The fourth-order valence-electron chi connectivity index (χ4n) is 1.15. The molecule has 0 aliphatic rings. The quantitative estimate of drug-likeness (QED) is 0.820. The lowest BCUT2D eigenvalue weighted by Gasteiger charge is -2.03. The number of nitrogens with two attached hydrogens (primary N) is 1. The van der Waals surface area contributed by atoms with Gasteiger partial charge in [0.15, 0.2) is 0 Å². The second-order valence-electron chi connectivity index (χ2n) is 3.27. The third-order valence-corrected chi connectivity index (χ3v) is 2.13. The molecular weight excluding hydrogens is 208 g/mol. The smallest absolute Gasteiger partial charge is 0.145 e. The summed E-state index contributed by atoms with van der Waals surface area (Å²) in [5.41, 5.74) is 7.67. The Labute approximate surface area is 92.4 Å². The van der Waals surface area contributed by atoms with Gasteiger partial charge in [-0.1, -0.05) is 10.3 Å². The molecule has 84 valence electrons. The molecule has 0 bridgehead atoms. The number of hydrogen-bond donors (Lipinski definition) is 1. The summed E-state index contributed by atoms with van der Waals surface area (Å²) in [4.78, 5) is 4.11. The fraction of sp³-hybridized carbons (Fsp3) is 0.300. The lowest BCUT2D eigenvalue weighted by atomic mass is 10.3. The van der Waals surface area contributed by atoms with Gasteiger partial charge in [-0.3, -0.25) is 4.98 Å². The van der Waals surface area contributed by atoms with Gasteiger partial charge in [-0.25, -0.2) is 4.63 Å². The molecule has 6 nitrogen and oxygen atoms in total. The van der Waals surface area contributed by atoms with Crippen molar-refractivity contribution in [2.45, 2.75) is 20.1 Å². The third kappa shape index (κ3) is 2.34. The van der Waals surface area contributed by atoms with E-state index < -0.39 is 0 Å². The zero-order valence-corrected chi connectivity index (χ0v) is 8.88. The van der Waals surface area contributed by atoms with Gasteiger partial charge in [0.05, 0.1) is 11.9 Å². The first-order chi connectivity index (χ1) is 7.79. The Bertz CT molecular complexity index is 452. The van der Waals surface area contributed by atoms with Crippen LogP contribution in [0.1, 0.15) is 17.1 Å². The summed E-state index contributed by atoms with van der Waals surface area (Å²) in [5, 5.41) is 7.37. The molecule has 2 aromatic heterocycles. The van der Waals surface area contributed by atoms with E-state index in [-0.39, 0.29) is 0 Å². The van der Waals surface area contributed by atoms with Gasteiger partial charge in [-0.15, -0.1) is 0 Å². The first-order valence-electron chi connectivity index (χ1n) is 4.85. The van der Waals surface area contributed by atoms with E-state index in [0.29, 0.717) is 24.6 Å². The van der Waals surface area contributed by atoms with Crippen molar-refractivity contribution in [1.82, 2.24) is 15.3 Å². The molecule has 2 heterocycles. The Morgan fingerprint density at radius 2 is 2.25 bits per heavy atom. The van der Waals surface area contributed by atoms with E-state index >= 15 is 0 Å². The highest BCUT2D eigenvalue weighted by Gasteiger charge is 2.05. The van der Waals surface area contributed by atoms with Crippen LogP contribution in [0.3, 0.4) is 0 Å². The van der Waals surface area contributed by atoms with Crippen molar-refractivity contribution in [2.75, 3.05) is 0 Å². The molecule has 6 heteroatoms. The van der Waals surface area contributed by atoms with E-state index in [4.69, 9.17) is 10.5 Å². The normalized spacial score (nSPS) is 10.4. The Morgan fingerprint density at radius 3 is 2.81 bits per heavy atom. The molecule has 2 aromatic rings. The van der Waals surface area contributed by atoms with Crippen molar-refractivity contribution < 1.29 is 9.37 Å². The highest BCUT2D eigenvalue weighted by Crippen LogP contribution is 2.11. The van der Waals surface area contributed by atoms with Crippen LogP contribution in [-0.4, -0.2) is 15.3 Å². The Balaban J connectivity index is 1.97. The number of pyridine rings is 1. The summed E-state index contributed by atoms with van der Waals surface area (Å²) in [6, 6.07) is 3.64. The second-order valence-corrected chi connectivity index (χ2v) is 3.27. The minimum absolute atomic E-state index is 0.318. The number of nitrogens with zero attached hydrogens (tertiary/aromatic N) is 3. The van der Waals surface area contributed by atoms with E-state index in [9.17, 15) is 0 Å². The van der Waals surface area contributed by atoms with Crippen LogP contribution in [0.15, 0.2) is 23.0 Å². The minimum Gasteiger partial charge on any atom is -0.485 e. The number of rotatable bonds is 4. The van der Waals surface area contributed by atoms with E-state index in [1.54, 1.807) is 6.20 Å². The van der Waals surface area contributed by atoms with Gasteiger partial charge in [0.1, 0.15) is 23.7 Å². The summed E-state index contributed by atoms with van der Waals surface area (Å²) < 4.78 is 10.0. The van der Waals surface area contributed by atoms with Crippen LogP contribution in [-0.2, 0) is 13.2 Å². The number of ether oxygens (including phenoxy) is 1. The molecular formula is C10H12N4O2. The number of aryl methyl sites for hydroxylation is 1. The first kappa shape index (κ1) is 10.6. The molecule has 0 atom stereocenters. The van der Waals surface area contributed by atoms with Crippen LogP contribution in [0.25, 0.3) is 0 Å². The van der Waals surface area contributed by atoms with E-state index in [1.807, 2.05) is 19.1 Å². The van der Waals surface area contributed by atoms with E-state index in [2.05, 4.69) is 19.9 Å². The average molecular weight is 220 g/mol. The molecule has 0 saturated heterocycles. The van der Waals surface area contributed by atoms with E-state index in [1.165, 1.54) is 0 Å². The topological polar surface area (TPSA) is 87.1 Å². The maximum absolute atomic E-state index is 5.46. The molecule has 2 N–H and O–H groups in total. The standard InChI is InChI=1S/C10H12N4O2/c1-7-10(14-16-13-7)6-15-9-3-2-8(4-11)12-5-9/h2-3,5H,4,6,11H2,1H3. The minimum atomic E-state index is 0.318. The van der Waals surface area contributed by atoms with Gasteiger partial charge in [0.25, 0.3) is 0 Å². The van der Waals surface area contributed by atoms with Crippen molar-refractivity contribution in [3.63, 3.8) is 0 Å². The summed E-state index contributed by atoms with van der Waals surface area (Å²) in [7, 11) is 0. The van der Waals surface area contributed by atoms with Gasteiger partial charge < -0.3 is 10.5 Å². The molecule has 0 fully saturated rings. The SMILES string of the molecule is Cc1nonc1COc1ccc(CN)nc1. The zero-order valence-electron chi connectivity index (χ0n) is 8.88. The maximum Gasteiger partial charge on any atom is 0.145 e. The summed E-state index contributed by atoms with van der Waals surface area (Å²) >= 11 is 0. The predicted octanol–water partition coefficient (Wildman–Crippen LogP) is 0.811. The second kappa shape index (κ2) is 4.71. The van der Waals surface area contributed by atoms with Crippen molar-refractivity contribution in [3.05, 3.63) is 35.4 Å². The molecule has 0 saturated carbocycles. The lowest BCUT2D eigenvalue weighted by molar-refractivity contribution is 0.269. The number of aromatic nitrogens is 3. The molecule has 16 heavy (non-hydrogen) atoms. The lowest BCUT2D eigenvalue weighted by Crippen LogP contribution is -2.01. The summed E-state index contributed by atoms with van der Waals surface area (Å²) in [5.74, 6) is 0.666. The maximum atomic E-state index is 5.46. The molecule has 2 rings (SSSR count). The Kier molecular flexibility index (Phi) is 3.11. The highest BCUT2D eigenvalue weighted by molar-refractivity contribution is 5.20. The fourth-order valence-corrected chi connectivity index (χ4v) is 1.15. The van der Waals surface area contributed by atoms with Gasteiger partial charge in [-0.05, 0) is 19.1 Å². The molecule has 0 amide bonds. The van der Waals surface area contributed by atoms with Crippen LogP contribution in [0.5, 0.6) is 5.75 Å². The molecule has 0 spiro atoms. The van der Waals surface area contributed by atoms with E-state index in [0.717, 1.165) is 11.4 Å². The van der Waals surface area contributed by atoms with Crippen molar-refractivity contribution in [2.24, 2.45) is 5.73 Å². The number of hydrogen-bond acceptors (Lipinski definition) is 6. The van der Waals surface area contributed by atoms with Crippen LogP contribution in [0, 0.1) is 6.92 Å². The molecule has 0 aromatic carbocycles. The van der Waals surface area contributed by atoms with Crippen LogP contribution < -0.4 is 10.5 Å². The van der Waals surface area contributed by atoms with Gasteiger partial charge in [0.2, 0.25) is 0 Å². The van der Waals surface area contributed by atoms with Crippen molar-refractivity contribution in [1.29, 1.82) is 0 Å². The van der Waals surface area contributed by atoms with Crippen LogP contribution in [0.4, 0.5) is 0 Å². The Morgan fingerprint density at radius 1 is 1.38 bits per heavy atom. The third-order valence-electron chi connectivity index (χ3n) is 2.13. The van der Waals surface area contributed by atoms with Crippen LogP contribution >= 0.6 is 0 Å². The molecule has 0 radical (unpaired) electrons. The van der Waals surface area contributed by atoms with Gasteiger partial charge >= 0.3 is 0 Å². The molecule has 0 aliphatic heterocycles. The summed E-state index contributed by atoms with van der Waals surface area (Å²) in [6.07, 6.45) is 1.63. The average Bonchev–Trinajstić information content (AvgIpc) is 2.73. The largest absolute Gasteiger partial charge is 0.485 e. The first-order valence-corrected chi connectivity index (χ1v) is 4.85.